The lowest BCUT2D eigenvalue weighted by Gasteiger charge is -2.42. The zero-order chi connectivity index (χ0) is 21.0. The van der Waals surface area contributed by atoms with Gasteiger partial charge in [-0.05, 0) is 49.6 Å². The van der Waals surface area contributed by atoms with E-state index >= 15 is 0 Å². The maximum absolute atomic E-state index is 12.5. The van der Waals surface area contributed by atoms with Crippen LogP contribution in [0.25, 0.3) is 11.4 Å². The minimum Gasteiger partial charge on any atom is -0.354 e. The van der Waals surface area contributed by atoms with Crippen molar-refractivity contribution in [2.45, 2.75) is 43.3 Å². The van der Waals surface area contributed by atoms with Crippen LogP contribution in [0.3, 0.4) is 0 Å². The molecule has 3 aromatic rings. The first-order valence-corrected chi connectivity index (χ1v) is 11.6. The predicted molar refractivity (Wildman–Crippen MR) is 122 cm³/mol. The standard InChI is InChI=1S/C23H25ClN4OS/c1-2-28-21(17-9-11-19(24)12-10-17)26-27-22(28)30-15-20(29)25-16-23(13-6-14-23)18-7-4-3-5-8-18/h3-5,7-12H,2,6,13-16H2,1H3,(H,25,29). The second kappa shape index (κ2) is 9.23. The van der Waals surface area contributed by atoms with Crippen molar-refractivity contribution in [1.29, 1.82) is 0 Å². The van der Waals surface area contributed by atoms with Crippen LogP contribution >= 0.6 is 23.4 Å². The number of hydrogen-bond donors (Lipinski definition) is 1. The van der Waals surface area contributed by atoms with Crippen molar-refractivity contribution in [3.05, 3.63) is 65.2 Å². The van der Waals surface area contributed by atoms with E-state index in [2.05, 4.69) is 39.8 Å². The van der Waals surface area contributed by atoms with Gasteiger partial charge in [-0.2, -0.15) is 0 Å². The smallest absolute Gasteiger partial charge is 0.230 e. The number of thioether (sulfide) groups is 1. The van der Waals surface area contributed by atoms with Crippen LogP contribution in [-0.2, 0) is 16.8 Å². The van der Waals surface area contributed by atoms with Crippen molar-refractivity contribution < 1.29 is 4.79 Å². The Morgan fingerprint density at radius 2 is 1.87 bits per heavy atom. The monoisotopic (exact) mass is 440 g/mol. The molecule has 0 spiro atoms. The molecule has 0 aliphatic heterocycles. The molecule has 1 aliphatic rings. The predicted octanol–water partition coefficient (Wildman–Crippen LogP) is 4.95. The number of carbonyl (C=O) groups is 1. The summed E-state index contributed by atoms with van der Waals surface area (Å²) >= 11 is 7.41. The molecule has 1 fully saturated rings. The third-order valence-electron chi connectivity index (χ3n) is 5.79. The van der Waals surface area contributed by atoms with E-state index in [1.165, 1.54) is 23.7 Å². The molecule has 1 aliphatic carbocycles. The van der Waals surface area contributed by atoms with E-state index in [1.807, 2.05) is 41.8 Å². The number of amides is 1. The lowest BCUT2D eigenvalue weighted by molar-refractivity contribution is -0.119. The first-order valence-electron chi connectivity index (χ1n) is 10.3. The molecule has 0 atom stereocenters. The minimum atomic E-state index is 0.0286. The van der Waals surface area contributed by atoms with Crippen molar-refractivity contribution in [3.63, 3.8) is 0 Å². The summed E-state index contributed by atoms with van der Waals surface area (Å²) in [4.78, 5) is 12.5. The van der Waals surface area contributed by atoms with E-state index in [0.29, 0.717) is 17.3 Å². The summed E-state index contributed by atoms with van der Waals surface area (Å²) in [6.45, 7) is 3.46. The molecular formula is C23H25ClN4OS. The van der Waals surface area contributed by atoms with Gasteiger partial charge in [0.05, 0.1) is 5.75 Å². The summed E-state index contributed by atoms with van der Waals surface area (Å²) in [6.07, 6.45) is 3.46. The molecule has 0 saturated heterocycles. The Balaban J connectivity index is 1.37. The number of rotatable bonds is 8. The fraction of sp³-hybridized carbons (Fsp3) is 0.348. The highest BCUT2D eigenvalue weighted by Crippen LogP contribution is 2.43. The second-order valence-corrected chi connectivity index (χ2v) is 9.00. The Labute approximate surface area is 186 Å². The van der Waals surface area contributed by atoms with Crippen LogP contribution < -0.4 is 5.32 Å². The molecule has 1 saturated carbocycles. The summed E-state index contributed by atoms with van der Waals surface area (Å²) in [6, 6.07) is 18.1. The Morgan fingerprint density at radius 1 is 1.13 bits per heavy atom. The number of halogens is 1. The highest BCUT2D eigenvalue weighted by Gasteiger charge is 2.38. The quantitative estimate of drug-likeness (QED) is 0.503. The van der Waals surface area contributed by atoms with E-state index < -0.39 is 0 Å². The Bertz CT molecular complexity index is 1000. The molecule has 0 radical (unpaired) electrons. The van der Waals surface area contributed by atoms with Gasteiger partial charge in [-0.3, -0.25) is 4.79 Å². The molecule has 1 heterocycles. The number of nitrogens with one attached hydrogen (secondary N) is 1. The maximum atomic E-state index is 12.5. The van der Waals surface area contributed by atoms with Gasteiger partial charge in [-0.15, -0.1) is 10.2 Å². The van der Waals surface area contributed by atoms with Crippen LogP contribution in [0.1, 0.15) is 31.7 Å². The number of nitrogens with zero attached hydrogens (tertiary/aromatic N) is 3. The molecule has 30 heavy (non-hydrogen) atoms. The van der Waals surface area contributed by atoms with Crippen molar-refractivity contribution in [3.8, 4) is 11.4 Å². The number of carbonyl (C=O) groups excluding carboxylic acids is 1. The summed E-state index contributed by atoms with van der Waals surface area (Å²) < 4.78 is 2.03. The average molecular weight is 441 g/mol. The molecule has 7 heteroatoms. The Morgan fingerprint density at radius 3 is 2.50 bits per heavy atom. The van der Waals surface area contributed by atoms with Crippen LogP contribution in [0, 0.1) is 0 Å². The topological polar surface area (TPSA) is 59.8 Å². The highest BCUT2D eigenvalue weighted by atomic mass is 35.5. The molecule has 2 aromatic carbocycles. The van der Waals surface area contributed by atoms with Gasteiger partial charge < -0.3 is 9.88 Å². The van der Waals surface area contributed by atoms with Gasteiger partial charge >= 0.3 is 0 Å². The largest absolute Gasteiger partial charge is 0.354 e. The van der Waals surface area contributed by atoms with Gasteiger partial charge in [0.1, 0.15) is 0 Å². The number of benzene rings is 2. The summed E-state index contributed by atoms with van der Waals surface area (Å²) in [5.74, 6) is 1.14. The van der Waals surface area contributed by atoms with Gasteiger partial charge in [0.25, 0.3) is 0 Å². The molecule has 4 rings (SSSR count). The first-order chi connectivity index (χ1) is 14.6. The minimum absolute atomic E-state index is 0.0286. The van der Waals surface area contributed by atoms with Gasteiger partial charge in [-0.25, -0.2) is 0 Å². The van der Waals surface area contributed by atoms with E-state index in [9.17, 15) is 4.79 Å². The van der Waals surface area contributed by atoms with E-state index in [-0.39, 0.29) is 11.3 Å². The Hall–Kier alpha value is -2.31. The van der Waals surface area contributed by atoms with Crippen molar-refractivity contribution in [2.75, 3.05) is 12.3 Å². The van der Waals surface area contributed by atoms with Gasteiger partial charge in [-0.1, -0.05) is 60.1 Å². The van der Waals surface area contributed by atoms with E-state index in [0.717, 1.165) is 35.9 Å². The van der Waals surface area contributed by atoms with Crippen LogP contribution in [0.4, 0.5) is 0 Å². The van der Waals surface area contributed by atoms with Crippen molar-refractivity contribution >= 4 is 29.3 Å². The first kappa shape index (κ1) is 20.9. The van der Waals surface area contributed by atoms with Crippen LogP contribution in [0.5, 0.6) is 0 Å². The van der Waals surface area contributed by atoms with Crippen molar-refractivity contribution in [2.24, 2.45) is 0 Å². The molecule has 1 aromatic heterocycles. The van der Waals surface area contributed by atoms with E-state index in [1.54, 1.807) is 0 Å². The normalized spacial score (nSPS) is 14.9. The van der Waals surface area contributed by atoms with Crippen LogP contribution in [-0.4, -0.2) is 33.0 Å². The highest BCUT2D eigenvalue weighted by molar-refractivity contribution is 7.99. The van der Waals surface area contributed by atoms with Crippen molar-refractivity contribution in [1.82, 2.24) is 20.1 Å². The molecule has 156 valence electrons. The lowest BCUT2D eigenvalue weighted by Crippen LogP contribution is -2.46. The van der Waals surface area contributed by atoms with Crippen LogP contribution in [0.2, 0.25) is 5.02 Å². The maximum Gasteiger partial charge on any atom is 0.230 e. The Kier molecular flexibility index (Phi) is 6.44. The zero-order valence-corrected chi connectivity index (χ0v) is 18.5. The number of aromatic nitrogens is 3. The summed E-state index contributed by atoms with van der Waals surface area (Å²) in [5, 5.41) is 13.2. The fourth-order valence-corrected chi connectivity index (χ4v) is 4.86. The zero-order valence-electron chi connectivity index (χ0n) is 17.0. The average Bonchev–Trinajstić information content (AvgIpc) is 3.15. The third-order valence-corrected chi connectivity index (χ3v) is 7.01. The molecular weight excluding hydrogens is 416 g/mol. The molecule has 5 nitrogen and oxygen atoms in total. The lowest BCUT2D eigenvalue weighted by atomic mass is 9.64. The van der Waals surface area contributed by atoms with Gasteiger partial charge in [0, 0.05) is 29.1 Å². The van der Waals surface area contributed by atoms with Crippen LogP contribution in [0.15, 0.2) is 59.8 Å². The second-order valence-electron chi connectivity index (χ2n) is 7.62. The molecule has 1 N–H and O–H groups in total. The van der Waals surface area contributed by atoms with E-state index in [4.69, 9.17) is 11.6 Å². The molecule has 0 bridgehead atoms. The number of hydrogen-bond acceptors (Lipinski definition) is 4. The van der Waals surface area contributed by atoms with Gasteiger partial charge in [0.2, 0.25) is 5.91 Å². The molecule has 0 unspecified atom stereocenters. The summed E-state index contributed by atoms with van der Waals surface area (Å²) in [5.41, 5.74) is 2.37. The summed E-state index contributed by atoms with van der Waals surface area (Å²) in [7, 11) is 0. The van der Waals surface area contributed by atoms with Gasteiger partial charge in [0.15, 0.2) is 11.0 Å². The SMILES string of the molecule is CCn1c(SCC(=O)NCC2(c3ccccc3)CCC2)nnc1-c1ccc(Cl)cc1. The third kappa shape index (κ3) is 4.40. The fourth-order valence-electron chi connectivity index (χ4n) is 3.90. The molecule has 1 amide bonds.